The van der Waals surface area contributed by atoms with E-state index in [1.54, 1.807) is 16.8 Å². The molecule has 1 aromatic carbocycles. The van der Waals surface area contributed by atoms with E-state index in [-0.39, 0.29) is 5.56 Å². The third kappa shape index (κ3) is 4.23. The van der Waals surface area contributed by atoms with Crippen molar-refractivity contribution in [1.82, 2.24) is 4.57 Å². The van der Waals surface area contributed by atoms with E-state index < -0.39 is 0 Å². The molecule has 0 saturated carbocycles. The number of rotatable bonds is 4. The molecule has 0 saturated heterocycles. The van der Waals surface area contributed by atoms with Crippen LogP contribution < -0.4 is 16.0 Å². The monoisotopic (exact) mass is 282 g/mol. The molecule has 0 aliphatic heterocycles. The molecule has 0 radical (unpaired) electrons. The predicted molar refractivity (Wildman–Crippen MR) is 83.3 cm³/mol. The second-order valence-corrected chi connectivity index (χ2v) is 4.59. The Morgan fingerprint density at radius 1 is 1.29 bits per heavy atom. The van der Waals surface area contributed by atoms with Gasteiger partial charge in [0.2, 0.25) is 0 Å². The molecule has 108 valence electrons. The normalized spacial score (nSPS) is 9.81. The van der Waals surface area contributed by atoms with E-state index in [0.717, 1.165) is 11.1 Å². The highest BCUT2D eigenvalue weighted by Gasteiger charge is 2.02. The van der Waals surface area contributed by atoms with Gasteiger partial charge in [-0.05, 0) is 30.7 Å². The minimum atomic E-state index is -0.0341. The lowest BCUT2D eigenvalue weighted by Crippen LogP contribution is -2.21. The molecule has 0 fully saturated rings. The van der Waals surface area contributed by atoms with Crippen LogP contribution in [0.3, 0.4) is 0 Å². The molecular weight excluding hydrogens is 264 g/mol. The predicted octanol–water partition coefficient (Wildman–Crippen LogP) is 1.55. The van der Waals surface area contributed by atoms with E-state index in [1.165, 1.54) is 6.07 Å². The standard InChI is InChI=1S/C17H18N2O2/c1-14-7-8-16(15(13-14)5-4-9-18)21-12-11-19-10-3-2-6-17(19)20/h2-3,6-8,10,13H,9,11-12,18H2,1H3. The molecule has 0 spiro atoms. The van der Waals surface area contributed by atoms with E-state index in [1.807, 2.05) is 31.2 Å². The average molecular weight is 282 g/mol. The zero-order valence-corrected chi connectivity index (χ0v) is 12.0. The summed E-state index contributed by atoms with van der Waals surface area (Å²) in [6, 6.07) is 10.9. The fourth-order valence-corrected chi connectivity index (χ4v) is 1.91. The zero-order valence-electron chi connectivity index (χ0n) is 12.0. The van der Waals surface area contributed by atoms with Crippen LogP contribution >= 0.6 is 0 Å². The molecule has 0 amide bonds. The number of hydrogen-bond donors (Lipinski definition) is 1. The number of pyridine rings is 1. The van der Waals surface area contributed by atoms with Crippen LogP contribution in [0.1, 0.15) is 11.1 Å². The van der Waals surface area contributed by atoms with Crippen LogP contribution in [0.15, 0.2) is 47.4 Å². The number of nitrogens with two attached hydrogens (primary N) is 1. The number of nitrogens with zero attached hydrogens (tertiary/aromatic N) is 1. The van der Waals surface area contributed by atoms with Crippen molar-refractivity contribution in [3.8, 4) is 17.6 Å². The summed E-state index contributed by atoms with van der Waals surface area (Å²) in [4.78, 5) is 11.6. The van der Waals surface area contributed by atoms with Gasteiger partial charge in [-0.1, -0.05) is 24.0 Å². The first-order chi connectivity index (χ1) is 10.2. The fourth-order valence-electron chi connectivity index (χ4n) is 1.91. The highest BCUT2D eigenvalue weighted by atomic mass is 16.5. The molecule has 0 aliphatic rings. The second-order valence-electron chi connectivity index (χ2n) is 4.59. The third-order valence-corrected chi connectivity index (χ3v) is 2.95. The van der Waals surface area contributed by atoms with Crippen molar-refractivity contribution in [2.45, 2.75) is 13.5 Å². The van der Waals surface area contributed by atoms with Gasteiger partial charge in [0.05, 0.1) is 18.7 Å². The molecule has 0 unspecified atom stereocenters. The summed E-state index contributed by atoms with van der Waals surface area (Å²) in [6.07, 6.45) is 1.75. The Morgan fingerprint density at radius 3 is 2.90 bits per heavy atom. The van der Waals surface area contributed by atoms with Crippen LogP contribution in [-0.2, 0) is 6.54 Å². The van der Waals surface area contributed by atoms with Gasteiger partial charge >= 0.3 is 0 Å². The van der Waals surface area contributed by atoms with Crippen LogP contribution in [0.25, 0.3) is 0 Å². The van der Waals surface area contributed by atoms with Crippen molar-refractivity contribution in [3.05, 3.63) is 64.1 Å². The number of benzene rings is 1. The van der Waals surface area contributed by atoms with Crippen molar-refractivity contribution in [3.63, 3.8) is 0 Å². The van der Waals surface area contributed by atoms with E-state index >= 15 is 0 Å². The molecule has 1 aromatic heterocycles. The Bertz CT molecular complexity index is 723. The van der Waals surface area contributed by atoms with Crippen LogP contribution in [0.4, 0.5) is 0 Å². The first-order valence-corrected chi connectivity index (χ1v) is 6.78. The maximum Gasteiger partial charge on any atom is 0.250 e. The molecule has 1 heterocycles. The summed E-state index contributed by atoms with van der Waals surface area (Å²) < 4.78 is 7.36. The molecule has 2 N–H and O–H groups in total. The lowest BCUT2D eigenvalue weighted by Gasteiger charge is -2.10. The van der Waals surface area contributed by atoms with Crippen molar-refractivity contribution in [2.75, 3.05) is 13.2 Å². The Morgan fingerprint density at radius 2 is 2.14 bits per heavy atom. The minimum absolute atomic E-state index is 0.0341. The van der Waals surface area contributed by atoms with Gasteiger partial charge in [-0.15, -0.1) is 0 Å². The largest absolute Gasteiger partial charge is 0.490 e. The first kappa shape index (κ1) is 14.9. The maximum absolute atomic E-state index is 11.6. The summed E-state index contributed by atoms with van der Waals surface area (Å²) in [5, 5.41) is 0. The Hall–Kier alpha value is -2.51. The SMILES string of the molecule is Cc1ccc(OCCn2ccccc2=O)c(C#CCN)c1. The van der Waals surface area contributed by atoms with Crippen LogP contribution in [0, 0.1) is 18.8 Å². The Kier molecular flexibility index (Phi) is 5.19. The highest BCUT2D eigenvalue weighted by Crippen LogP contribution is 2.19. The molecule has 0 atom stereocenters. The molecule has 21 heavy (non-hydrogen) atoms. The lowest BCUT2D eigenvalue weighted by molar-refractivity contribution is 0.295. The van der Waals surface area contributed by atoms with Gasteiger partial charge in [0.15, 0.2) is 0 Å². The molecule has 4 heteroatoms. The van der Waals surface area contributed by atoms with Crippen LogP contribution in [0.5, 0.6) is 5.75 Å². The van der Waals surface area contributed by atoms with Gasteiger partial charge in [0.1, 0.15) is 12.4 Å². The Labute approximate surface area is 124 Å². The van der Waals surface area contributed by atoms with Gasteiger partial charge in [-0.25, -0.2) is 0 Å². The molecule has 4 nitrogen and oxygen atoms in total. The van der Waals surface area contributed by atoms with Gasteiger partial charge < -0.3 is 15.0 Å². The van der Waals surface area contributed by atoms with Gasteiger partial charge in [0.25, 0.3) is 5.56 Å². The van der Waals surface area contributed by atoms with Crippen molar-refractivity contribution >= 4 is 0 Å². The lowest BCUT2D eigenvalue weighted by atomic mass is 10.1. The van der Waals surface area contributed by atoms with Gasteiger partial charge in [-0.2, -0.15) is 0 Å². The van der Waals surface area contributed by atoms with E-state index in [2.05, 4.69) is 11.8 Å². The van der Waals surface area contributed by atoms with Crippen molar-refractivity contribution in [2.24, 2.45) is 5.73 Å². The van der Waals surface area contributed by atoms with E-state index in [0.29, 0.717) is 25.4 Å². The molecular formula is C17H18N2O2. The molecule has 0 bridgehead atoms. The number of aromatic nitrogens is 1. The summed E-state index contributed by atoms with van der Waals surface area (Å²) in [5.74, 6) is 6.55. The summed E-state index contributed by atoms with van der Waals surface area (Å²) in [5.41, 5.74) is 7.30. The van der Waals surface area contributed by atoms with Gasteiger partial charge in [-0.3, -0.25) is 4.79 Å². The Balaban J connectivity index is 2.06. The van der Waals surface area contributed by atoms with Crippen molar-refractivity contribution in [1.29, 1.82) is 0 Å². The second kappa shape index (κ2) is 7.32. The zero-order chi connectivity index (χ0) is 15.1. The van der Waals surface area contributed by atoms with Crippen LogP contribution in [0.2, 0.25) is 0 Å². The number of hydrogen-bond acceptors (Lipinski definition) is 3. The maximum atomic E-state index is 11.6. The van der Waals surface area contributed by atoms with E-state index in [4.69, 9.17) is 10.5 Å². The third-order valence-electron chi connectivity index (χ3n) is 2.95. The molecule has 2 aromatic rings. The fraction of sp³-hybridized carbons (Fsp3) is 0.235. The molecule has 0 aliphatic carbocycles. The highest BCUT2D eigenvalue weighted by molar-refractivity contribution is 5.48. The summed E-state index contributed by atoms with van der Waals surface area (Å²) >= 11 is 0. The quantitative estimate of drug-likeness (QED) is 0.866. The summed E-state index contributed by atoms with van der Waals surface area (Å²) in [6.45, 7) is 3.22. The average Bonchev–Trinajstić information content (AvgIpc) is 2.49. The minimum Gasteiger partial charge on any atom is -0.490 e. The first-order valence-electron chi connectivity index (χ1n) is 6.78. The van der Waals surface area contributed by atoms with Gasteiger partial charge in [0, 0.05) is 12.3 Å². The van der Waals surface area contributed by atoms with E-state index in [9.17, 15) is 4.79 Å². The molecule has 2 rings (SSSR count). The number of aryl methyl sites for hydroxylation is 1. The number of ether oxygens (including phenoxy) is 1. The van der Waals surface area contributed by atoms with Crippen LogP contribution in [-0.4, -0.2) is 17.7 Å². The smallest absolute Gasteiger partial charge is 0.250 e. The summed E-state index contributed by atoms with van der Waals surface area (Å²) in [7, 11) is 0. The topological polar surface area (TPSA) is 57.2 Å². The van der Waals surface area contributed by atoms with Crippen molar-refractivity contribution < 1.29 is 4.74 Å².